The van der Waals surface area contributed by atoms with Gasteiger partial charge in [-0.2, -0.15) is 0 Å². The van der Waals surface area contributed by atoms with Crippen LogP contribution in [-0.4, -0.2) is 37.3 Å². The van der Waals surface area contributed by atoms with Crippen LogP contribution in [-0.2, 0) is 17.8 Å². The Balaban J connectivity index is 1.52. The topological polar surface area (TPSA) is 24.5 Å². The number of benzene rings is 2. The fraction of sp³-hybridized carbons (Fsp3) is 0.368. The minimum absolute atomic E-state index is 0.165. The second-order valence-electron chi connectivity index (χ2n) is 5.73. The van der Waals surface area contributed by atoms with Crippen LogP contribution in [0.5, 0.6) is 0 Å². The molecule has 0 bridgehead atoms. The SMILES string of the molecule is c1ccc(CCN2CCNCC2OCc2ccccc2)cc1. The Kier molecular flexibility index (Phi) is 5.59. The van der Waals surface area contributed by atoms with Crippen LogP contribution in [0.1, 0.15) is 11.1 Å². The highest BCUT2D eigenvalue weighted by Gasteiger charge is 2.22. The third kappa shape index (κ3) is 4.41. The van der Waals surface area contributed by atoms with Crippen molar-refractivity contribution in [2.24, 2.45) is 0 Å². The van der Waals surface area contributed by atoms with E-state index < -0.39 is 0 Å². The predicted octanol–water partition coefficient (Wildman–Crippen LogP) is 2.68. The quantitative estimate of drug-likeness (QED) is 0.887. The van der Waals surface area contributed by atoms with Gasteiger partial charge in [0, 0.05) is 26.2 Å². The first kappa shape index (κ1) is 15.2. The van der Waals surface area contributed by atoms with E-state index in [9.17, 15) is 0 Å². The maximum Gasteiger partial charge on any atom is 0.123 e. The average molecular weight is 296 g/mol. The van der Waals surface area contributed by atoms with Gasteiger partial charge >= 0.3 is 0 Å². The molecule has 1 unspecified atom stereocenters. The monoisotopic (exact) mass is 296 g/mol. The summed E-state index contributed by atoms with van der Waals surface area (Å²) in [5, 5.41) is 3.43. The Hall–Kier alpha value is -1.68. The highest BCUT2D eigenvalue weighted by Crippen LogP contribution is 2.11. The molecule has 22 heavy (non-hydrogen) atoms. The van der Waals surface area contributed by atoms with Crippen LogP contribution in [0.25, 0.3) is 0 Å². The van der Waals surface area contributed by atoms with Gasteiger partial charge in [0.1, 0.15) is 6.23 Å². The normalized spacial score (nSPS) is 19.2. The van der Waals surface area contributed by atoms with Crippen molar-refractivity contribution in [2.45, 2.75) is 19.3 Å². The Labute approximate surface area is 132 Å². The standard InChI is InChI=1S/C19H24N2O/c1-3-7-17(8-4-1)11-13-21-14-12-20-15-19(21)22-16-18-9-5-2-6-10-18/h1-10,19-20H,11-16H2. The molecule has 0 radical (unpaired) electrons. The molecule has 2 aromatic carbocycles. The lowest BCUT2D eigenvalue weighted by molar-refractivity contribution is -0.0785. The maximum atomic E-state index is 6.13. The molecule has 1 saturated heterocycles. The van der Waals surface area contributed by atoms with Gasteiger partial charge in [-0.3, -0.25) is 4.90 Å². The first-order valence-electron chi connectivity index (χ1n) is 8.06. The molecule has 0 amide bonds. The first-order valence-corrected chi connectivity index (χ1v) is 8.06. The van der Waals surface area contributed by atoms with Gasteiger partial charge in [0.2, 0.25) is 0 Å². The summed E-state index contributed by atoms with van der Waals surface area (Å²) in [6.45, 7) is 4.72. The van der Waals surface area contributed by atoms with Crippen LogP contribution in [0, 0.1) is 0 Å². The number of hydrogen-bond acceptors (Lipinski definition) is 3. The van der Waals surface area contributed by atoms with E-state index in [-0.39, 0.29) is 6.23 Å². The lowest BCUT2D eigenvalue weighted by Crippen LogP contribution is -2.52. The molecule has 1 heterocycles. The molecule has 0 spiro atoms. The van der Waals surface area contributed by atoms with Crippen molar-refractivity contribution in [3.05, 3.63) is 71.8 Å². The highest BCUT2D eigenvalue weighted by atomic mass is 16.5. The zero-order chi connectivity index (χ0) is 15.0. The second-order valence-corrected chi connectivity index (χ2v) is 5.73. The van der Waals surface area contributed by atoms with Crippen LogP contribution in [0.2, 0.25) is 0 Å². The van der Waals surface area contributed by atoms with E-state index >= 15 is 0 Å². The third-order valence-corrected chi connectivity index (χ3v) is 4.12. The first-order chi connectivity index (χ1) is 10.9. The molecule has 3 heteroatoms. The summed E-state index contributed by atoms with van der Waals surface area (Å²) < 4.78 is 6.13. The van der Waals surface area contributed by atoms with Gasteiger partial charge in [0.25, 0.3) is 0 Å². The van der Waals surface area contributed by atoms with E-state index in [1.807, 2.05) is 6.07 Å². The molecule has 1 aliphatic heterocycles. The lowest BCUT2D eigenvalue weighted by Gasteiger charge is -2.36. The summed E-state index contributed by atoms with van der Waals surface area (Å²) in [5.41, 5.74) is 2.62. The number of nitrogens with zero attached hydrogens (tertiary/aromatic N) is 1. The highest BCUT2D eigenvalue weighted by molar-refractivity contribution is 5.15. The number of ether oxygens (including phenoxy) is 1. The van der Waals surface area contributed by atoms with Gasteiger partial charge in [-0.1, -0.05) is 60.7 Å². The van der Waals surface area contributed by atoms with Crippen LogP contribution in [0.15, 0.2) is 60.7 Å². The molecule has 2 aromatic rings. The van der Waals surface area contributed by atoms with Crippen LogP contribution >= 0.6 is 0 Å². The number of nitrogens with one attached hydrogen (secondary N) is 1. The van der Waals surface area contributed by atoms with Gasteiger partial charge < -0.3 is 10.1 Å². The molecule has 0 aliphatic carbocycles. The summed E-state index contributed by atoms with van der Waals surface area (Å²) in [6, 6.07) is 21.1. The minimum Gasteiger partial charge on any atom is -0.357 e. The average Bonchev–Trinajstić information content (AvgIpc) is 2.61. The second kappa shape index (κ2) is 8.08. The number of hydrogen-bond donors (Lipinski definition) is 1. The summed E-state index contributed by atoms with van der Waals surface area (Å²) >= 11 is 0. The molecular weight excluding hydrogens is 272 g/mol. The largest absolute Gasteiger partial charge is 0.357 e. The van der Waals surface area contributed by atoms with E-state index in [2.05, 4.69) is 64.8 Å². The van der Waals surface area contributed by atoms with E-state index in [0.29, 0.717) is 6.61 Å². The smallest absolute Gasteiger partial charge is 0.123 e. The van der Waals surface area contributed by atoms with Crippen molar-refractivity contribution in [1.29, 1.82) is 0 Å². The Morgan fingerprint density at radius 3 is 2.36 bits per heavy atom. The van der Waals surface area contributed by atoms with Crippen molar-refractivity contribution in [2.75, 3.05) is 26.2 Å². The molecule has 1 N–H and O–H groups in total. The third-order valence-electron chi connectivity index (χ3n) is 4.12. The molecule has 3 nitrogen and oxygen atoms in total. The maximum absolute atomic E-state index is 6.13. The molecule has 116 valence electrons. The Bertz CT molecular complexity index is 492. The summed E-state index contributed by atoms with van der Waals surface area (Å²) in [7, 11) is 0. The van der Waals surface area contributed by atoms with Crippen molar-refractivity contribution in [1.82, 2.24) is 10.2 Å². The van der Waals surface area contributed by atoms with E-state index in [1.165, 1.54) is 11.1 Å². The molecule has 1 fully saturated rings. The van der Waals surface area contributed by atoms with Gasteiger partial charge in [-0.15, -0.1) is 0 Å². The van der Waals surface area contributed by atoms with Gasteiger partial charge in [0.05, 0.1) is 6.61 Å². The Morgan fingerprint density at radius 2 is 1.64 bits per heavy atom. The minimum atomic E-state index is 0.165. The summed E-state index contributed by atoms with van der Waals surface area (Å²) in [4.78, 5) is 2.45. The lowest BCUT2D eigenvalue weighted by atomic mass is 10.1. The number of rotatable bonds is 6. The molecule has 1 aliphatic rings. The zero-order valence-corrected chi connectivity index (χ0v) is 12.9. The van der Waals surface area contributed by atoms with Crippen molar-refractivity contribution in [3.8, 4) is 0 Å². The fourth-order valence-corrected chi connectivity index (χ4v) is 2.83. The molecule has 1 atom stereocenters. The van der Waals surface area contributed by atoms with E-state index in [0.717, 1.165) is 32.6 Å². The summed E-state index contributed by atoms with van der Waals surface area (Å²) in [5.74, 6) is 0. The van der Waals surface area contributed by atoms with Crippen molar-refractivity contribution < 1.29 is 4.74 Å². The molecule has 0 aromatic heterocycles. The van der Waals surface area contributed by atoms with Crippen LogP contribution < -0.4 is 5.32 Å². The van der Waals surface area contributed by atoms with Gasteiger partial charge in [-0.05, 0) is 17.5 Å². The summed E-state index contributed by atoms with van der Waals surface area (Å²) in [6.07, 6.45) is 1.24. The molecular formula is C19H24N2O. The van der Waals surface area contributed by atoms with E-state index in [1.54, 1.807) is 0 Å². The van der Waals surface area contributed by atoms with Gasteiger partial charge in [-0.25, -0.2) is 0 Å². The Morgan fingerprint density at radius 1 is 0.955 bits per heavy atom. The van der Waals surface area contributed by atoms with Crippen molar-refractivity contribution in [3.63, 3.8) is 0 Å². The van der Waals surface area contributed by atoms with E-state index in [4.69, 9.17) is 4.74 Å². The predicted molar refractivity (Wildman–Crippen MR) is 89.6 cm³/mol. The zero-order valence-electron chi connectivity index (χ0n) is 12.9. The fourth-order valence-electron chi connectivity index (χ4n) is 2.83. The van der Waals surface area contributed by atoms with Gasteiger partial charge in [0.15, 0.2) is 0 Å². The molecule has 0 saturated carbocycles. The van der Waals surface area contributed by atoms with Crippen molar-refractivity contribution >= 4 is 0 Å². The molecule has 3 rings (SSSR count). The van der Waals surface area contributed by atoms with Crippen LogP contribution in [0.3, 0.4) is 0 Å². The number of piperazine rings is 1. The van der Waals surface area contributed by atoms with Crippen LogP contribution in [0.4, 0.5) is 0 Å².